The van der Waals surface area contributed by atoms with Crippen LogP contribution in [0.4, 0.5) is 50.9 Å². The quantitative estimate of drug-likeness (QED) is 0.0206. The van der Waals surface area contributed by atoms with Crippen LogP contribution < -0.4 is 55.8 Å². The van der Waals surface area contributed by atoms with Gasteiger partial charge in [0.25, 0.3) is 0 Å². The summed E-state index contributed by atoms with van der Waals surface area (Å²) in [6.07, 6.45) is 4.59. The molecule has 586 valence electrons. The number of anilines is 1. The number of alkyl halides is 9. The van der Waals surface area contributed by atoms with Crippen LogP contribution >= 0.6 is 0 Å². The minimum atomic E-state index is -4.95. The number of benzene rings is 6. The van der Waals surface area contributed by atoms with Gasteiger partial charge in [-0.15, -0.1) is 0 Å². The first-order valence-electron chi connectivity index (χ1n) is 35.7. The van der Waals surface area contributed by atoms with Crippen LogP contribution in [0.3, 0.4) is 0 Å². The maximum Gasteiger partial charge on any atom is 0.471 e. The van der Waals surface area contributed by atoms with Crippen LogP contribution in [-0.2, 0) is 47.9 Å². The molecule has 0 bridgehead atoms. The lowest BCUT2D eigenvalue weighted by Gasteiger charge is -2.30. The van der Waals surface area contributed by atoms with E-state index >= 15 is 0 Å². The number of rotatable bonds is 20. The molecule has 5 aliphatic rings. The number of carbonyl (C=O) groups excluding carboxylic acids is 3. The van der Waals surface area contributed by atoms with Gasteiger partial charge in [-0.2, -0.15) is 50.0 Å². The molecule has 7 N–H and O–H groups in total. The zero-order valence-corrected chi connectivity index (χ0v) is 61.8. The fourth-order valence-electron chi connectivity index (χ4n) is 14.9. The molecule has 6 aromatic carbocycles. The van der Waals surface area contributed by atoms with Crippen LogP contribution in [0, 0.1) is 32.8 Å². The maximum atomic E-state index is 12.4. The van der Waals surface area contributed by atoms with E-state index in [0.29, 0.717) is 42.0 Å². The Morgan fingerprint density at radius 3 is 1.04 bits per heavy atom. The van der Waals surface area contributed by atoms with Crippen LogP contribution in [0.15, 0.2) is 133 Å². The molecule has 108 heavy (non-hydrogen) atoms. The molecule has 0 heterocycles. The molecule has 0 unspecified atom stereocenters. The molecule has 0 saturated heterocycles. The number of nitrogen functional groups attached to an aromatic ring is 1. The van der Waals surface area contributed by atoms with Gasteiger partial charge < -0.3 is 55.8 Å². The van der Waals surface area contributed by atoms with E-state index in [-0.39, 0.29) is 41.9 Å². The highest BCUT2D eigenvalue weighted by Crippen LogP contribution is 2.47. The van der Waals surface area contributed by atoms with Crippen molar-refractivity contribution in [2.24, 2.45) is 5.73 Å². The lowest BCUT2D eigenvalue weighted by atomic mass is 9.78. The van der Waals surface area contributed by atoms with Gasteiger partial charge >= 0.3 is 41.9 Å². The van der Waals surface area contributed by atoms with Crippen molar-refractivity contribution in [1.82, 2.24) is 16.0 Å². The van der Waals surface area contributed by atoms with Crippen LogP contribution in [0.25, 0.3) is 0 Å². The highest BCUT2D eigenvalue weighted by Gasteiger charge is 2.46. The number of methoxy groups -OCH3 is 6. The van der Waals surface area contributed by atoms with Gasteiger partial charge in [0.15, 0.2) is 5.75 Å². The normalized spacial score (nSPS) is 16.7. The smallest absolute Gasteiger partial charge is 0.471 e. The largest absolute Gasteiger partial charge is 0.497 e. The van der Waals surface area contributed by atoms with Crippen LogP contribution in [0.5, 0.6) is 34.5 Å². The number of nitrogens with zero attached hydrogens (tertiary/aromatic N) is 3. The number of hydrogen-bond donors (Lipinski definition) is 5. The Bertz CT molecular complexity index is 3930. The number of nitrogens with two attached hydrogens (primary N) is 2. The summed E-state index contributed by atoms with van der Waals surface area (Å²) in [7, 11) is 9.34. The second-order valence-corrected chi connectivity index (χ2v) is 27.6. The molecule has 6 aromatic rings. The summed E-state index contributed by atoms with van der Waals surface area (Å²) in [5.41, 5.74) is 16.3. The fraction of sp³-hybridized carbons (Fsp3) is 0.487. The van der Waals surface area contributed by atoms with E-state index in [1.807, 2.05) is 88.7 Å². The number of carbonyl (C=O) groups is 3. The molecule has 5 saturated carbocycles. The molecule has 0 atom stereocenters. The van der Waals surface area contributed by atoms with E-state index in [9.17, 15) is 69.3 Å². The summed E-state index contributed by atoms with van der Waals surface area (Å²) in [6.45, 7) is 0.517. The minimum absolute atomic E-state index is 0.0116. The molecular formula is C80H97F9N8O11. The van der Waals surface area contributed by atoms with Crippen molar-refractivity contribution < 1.29 is 87.2 Å². The van der Waals surface area contributed by atoms with E-state index in [0.717, 1.165) is 123 Å². The number of nitrogens with one attached hydrogen (secondary N) is 3. The maximum absolute atomic E-state index is 12.4. The topological polar surface area (TPSA) is 285 Å². The van der Waals surface area contributed by atoms with Gasteiger partial charge in [0.2, 0.25) is 0 Å². The molecule has 0 radical (unpaired) electrons. The molecule has 3 amide bonds. The Labute approximate surface area is 624 Å². The van der Waals surface area contributed by atoms with Gasteiger partial charge in [-0.3, -0.25) is 24.5 Å². The van der Waals surface area contributed by atoms with E-state index < -0.39 is 57.4 Å². The van der Waals surface area contributed by atoms with Crippen molar-refractivity contribution in [2.45, 2.75) is 180 Å². The Morgan fingerprint density at radius 2 is 0.731 bits per heavy atom. The molecule has 5 fully saturated rings. The minimum Gasteiger partial charge on any atom is -0.497 e. The van der Waals surface area contributed by atoms with Gasteiger partial charge in [0.05, 0.1) is 77.2 Å². The second-order valence-electron chi connectivity index (χ2n) is 27.6. The number of nitriles is 2. The van der Waals surface area contributed by atoms with E-state index in [1.54, 1.807) is 64.8 Å². The third kappa shape index (κ3) is 23.5. The summed E-state index contributed by atoms with van der Waals surface area (Å²) < 4.78 is 142. The third-order valence-corrected chi connectivity index (χ3v) is 21.2. The lowest BCUT2D eigenvalue weighted by molar-refractivity contribution is -0.385. The molecular weight excluding hydrogens is 1420 g/mol. The van der Waals surface area contributed by atoms with Gasteiger partial charge in [-0.25, -0.2) is 0 Å². The Morgan fingerprint density at radius 1 is 0.435 bits per heavy atom. The first-order valence-corrected chi connectivity index (χ1v) is 35.7. The first-order chi connectivity index (χ1) is 51.3. The zero-order chi connectivity index (χ0) is 79.4. The van der Waals surface area contributed by atoms with Crippen molar-refractivity contribution in [1.29, 1.82) is 10.5 Å². The zero-order valence-electron chi connectivity index (χ0n) is 61.8. The first kappa shape index (κ1) is 87.0. The monoisotopic (exact) mass is 1520 g/mol. The number of nitro benzene ring substituents is 1. The van der Waals surface area contributed by atoms with E-state index in [1.165, 1.54) is 70.4 Å². The van der Waals surface area contributed by atoms with Crippen LogP contribution in [0.2, 0.25) is 0 Å². The second kappa shape index (κ2) is 39.8. The highest BCUT2D eigenvalue weighted by atomic mass is 19.4. The average Bonchev–Trinajstić information content (AvgIpc) is 1.56. The molecule has 0 spiro atoms. The number of ether oxygens (including phenoxy) is 6. The van der Waals surface area contributed by atoms with Gasteiger partial charge in [-0.05, 0) is 164 Å². The summed E-state index contributed by atoms with van der Waals surface area (Å²) in [4.78, 5) is 43.8. The third-order valence-electron chi connectivity index (χ3n) is 21.2. The fourth-order valence-corrected chi connectivity index (χ4v) is 14.9. The SMILES string of the molecule is COc1ccc(C2(C#N)CCCC2)cc1.COc1ccc(C2(CN)CCCC2)cc1.COc1ccc(C2(CNC(=O)C(F)(F)F)CCCC2)cc1.COc1ccc(C2(CNC(=O)C(F)(F)F)CCCC2)cc1N.COc1ccc(C2(CNC(=O)C(F)(F)F)CCCC2)cc1[N+](=O)[O-].COc1ccc(CC#N)cc1. The Balaban J connectivity index is 0.000000206. The number of amides is 3. The molecule has 0 aromatic heterocycles. The van der Waals surface area contributed by atoms with Gasteiger partial charge in [0.1, 0.15) is 28.7 Å². The van der Waals surface area contributed by atoms with Crippen molar-refractivity contribution in [3.8, 4) is 46.6 Å². The summed E-state index contributed by atoms with van der Waals surface area (Å²) in [5, 5.41) is 34.8. The van der Waals surface area contributed by atoms with Crippen molar-refractivity contribution >= 4 is 29.1 Å². The molecule has 19 nitrogen and oxygen atoms in total. The molecule has 28 heteroatoms. The molecule has 0 aliphatic heterocycles. The lowest BCUT2D eigenvalue weighted by Crippen LogP contribution is -2.44. The van der Waals surface area contributed by atoms with Crippen LogP contribution in [-0.4, -0.2) is 110 Å². The average molecular weight is 1520 g/mol. The van der Waals surface area contributed by atoms with Gasteiger partial charge in [0, 0.05) is 53.9 Å². The van der Waals surface area contributed by atoms with Crippen molar-refractivity contribution in [2.75, 3.05) is 74.6 Å². The van der Waals surface area contributed by atoms with Gasteiger partial charge in [-0.1, -0.05) is 125 Å². The Hall–Kier alpha value is -9.96. The van der Waals surface area contributed by atoms with E-state index in [4.69, 9.17) is 45.2 Å². The standard InChI is InChI=1S/C15H17F3N2O4.C15H19F3N2O2.C15H18F3NO2.C13H19NO.C13H15NO.C9H9NO/c1-24-12-5-4-10(8-11(12)20(22)23)14(6-2-3-7-14)9-19-13(21)15(16,17)18;1-22-12-5-4-10(8-11(12)19)14(6-2-3-7-14)9-20-13(21)15(16,17)18;1-21-12-6-4-11(5-7-12)14(8-2-3-9-14)10-19-13(20)15(16,17)18;2*1-15-12-6-4-11(5-7-12)13(10-14)8-2-3-9-13;1-11-9-4-2-8(3-5-9)6-7-10/h4-5,8H,2-3,6-7,9H2,1H3,(H,19,21);4-5,8H,2-3,6-7,9,19H2,1H3,(H,20,21);4-7H,2-3,8-10H2,1H3,(H,19,20);4-7H,2-3,8-10,14H2,1H3;4-7H,2-3,8-9H2,1H3;2-5H,6H2,1H3. The summed E-state index contributed by atoms with van der Waals surface area (Å²) in [5.74, 6) is -1.88. The van der Waals surface area contributed by atoms with E-state index in [2.05, 4.69) is 24.3 Å². The number of halogens is 9. The molecule has 11 rings (SSSR count). The van der Waals surface area contributed by atoms with Crippen LogP contribution in [0.1, 0.15) is 162 Å². The van der Waals surface area contributed by atoms with Crippen molar-refractivity contribution in [3.05, 3.63) is 177 Å². The molecule has 5 aliphatic carbocycles. The Kier molecular flexibility index (Phi) is 32.0. The van der Waals surface area contributed by atoms with Crippen molar-refractivity contribution in [3.63, 3.8) is 0 Å². The predicted molar refractivity (Wildman–Crippen MR) is 391 cm³/mol. The summed E-state index contributed by atoms with van der Waals surface area (Å²) >= 11 is 0. The summed E-state index contributed by atoms with van der Waals surface area (Å²) in [6, 6.07) is 45.3. The predicted octanol–water partition coefficient (Wildman–Crippen LogP) is 16.3. The number of nitro groups is 1. The highest BCUT2D eigenvalue weighted by molar-refractivity contribution is 5.82. The number of hydrogen-bond acceptors (Lipinski definition) is 15.